The smallest absolute Gasteiger partial charge is 0.339 e. The van der Waals surface area contributed by atoms with E-state index in [2.05, 4.69) is 21.8 Å². The number of aromatic nitrogens is 2. The summed E-state index contributed by atoms with van der Waals surface area (Å²) in [7, 11) is 0. The minimum absolute atomic E-state index is 0.180. The van der Waals surface area contributed by atoms with E-state index in [-0.39, 0.29) is 10.3 Å². The van der Waals surface area contributed by atoms with Gasteiger partial charge in [-0.05, 0) is 25.2 Å². The van der Waals surface area contributed by atoms with E-state index in [1.54, 1.807) is 0 Å². The molecule has 0 spiro atoms. The average Bonchev–Trinajstić information content (AvgIpc) is 2.86. The quantitative estimate of drug-likeness (QED) is 0.852. The summed E-state index contributed by atoms with van der Waals surface area (Å²) in [6, 6.07) is 1.47. The van der Waals surface area contributed by atoms with Crippen molar-refractivity contribution in [3.05, 3.63) is 17.8 Å². The van der Waals surface area contributed by atoms with Crippen LogP contribution in [-0.4, -0.2) is 38.8 Å². The minimum atomic E-state index is -0.975. The molecular weight excluding hydrogens is 250 g/mol. The van der Waals surface area contributed by atoms with Gasteiger partial charge in [0.05, 0.1) is 6.20 Å². The van der Waals surface area contributed by atoms with Gasteiger partial charge in [0.1, 0.15) is 5.56 Å². The van der Waals surface area contributed by atoms with Gasteiger partial charge >= 0.3 is 5.97 Å². The molecule has 1 saturated carbocycles. The summed E-state index contributed by atoms with van der Waals surface area (Å²) in [5.74, 6) is -0.609. The van der Waals surface area contributed by atoms with Crippen LogP contribution >= 0.6 is 11.8 Å². The van der Waals surface area contributed by atoms with Crippen molar-refractivity contribution < 1.29 is 9.90 Å². The number of anilines is 1. The molecule has 1 aliphatic rings. The first kappa shape index (κ1) is 13.1. The maximum absolute atomic E-state index is 11.1. The van der Waals surface area contributed by atoms with Crippen LogP contribution in [0.4, 0.5) is 5.82 Å². The van der Waals surface area contributed by atoms with Crippen LogP contribution in [0.2, 0.25) is 0 Å². The van der Waals surface area contributed by atoms with Gasteiger partial charge in [0, 0.05) is 11.3 Å². The van der Waals surface area contributed by atoms with Crippen molar-refractivity contribution in [1.29, 1.82) is 0 Å². The first-order chi connectivity index (χ1) is 8.67. The molecule has 98 valence electrons. The van der Waals surface area contributed by atoms with Gasteiger partial charge in [-0.3, -0.25) is 0 Å². The highest BCUT2D eigenvalue weighted by Crippen LogP contribution is 2.40. The van der Waals surface area contributed by atoms with E-state index >= 15 is 0 Å². The lowest BCUT2D eigenvalue weighted by Gasteiger charge is -2.27. The van der Waals surface area contributed by atoms with Gasteiger partial charge in [-0.1, -0.05) is 12.8 Å². The molecule has 5 nitrogen and oxygen atoms in total. The highest BCUT2D eigenvalue weighted by Gasteiger charge is 2.33. The minimum Gasteiger partial charge on any atom is -0.478 e. The molecule has 0 amide bonds. The maximum Gasteiger partial charge on any atom is 0.339 e. The molecule has 0 radical (unpaired) electrons. The number of carboxylic acid groups (broad SMARTS) is 1. The third-order valence-electron chi connectivity index (χ3n) is 3.48. The van der Waals surface area contributed by atoms with Crippen molar-refractivity contribution in [3.8, 4) is 0 Å². The molecule has 0 bridgehead atoms. The Morgan fingerprint density at radius 3 is 2.89 bits per heavy atom. The molecule has 0 aliphatic heterocycles. The van der Waals surface area contributed by atoms with Crippen molar-refractivity contribution in [2.75, 3.05) is 18.1 Å². The third-order valence-corrected chi connectivity index (χ3v) is 4.90. The average molecular weight is 267 g/mol. The fraction of sp³-hybridized carbons (Fsp3) is 0.583. The van der Waals surface area contributed by atoms with Crippen LogP contribution in [0.25, 0.3) is 0 Å². The van der Waals surface area contributed by atoms with Gasteiger partial charge < -0.3 is 10.4 Å². The largest absolute Gasteiger partial charge is 0.478 e. The van der Waals surface area contributed by atoms with Gasteiger partial charge in [-0.25, -0.2) is 4.79 Å². The molecule has 0 aromatic carbocycles. The van der Waals surface area contributed by atoms with Crippen molar-refractivity contribution in [1.82, 2.24) is 10.2 Å². The Morgan fingerprint density at radius 1 is 1.56 bits per heavy atom. The zero-order valence-electron chi connectivity index (χ0n) is 10.3. The number of aromatic carboxylic acids is 1. The van der Waals surface area contributed by atoms with Crippen LogP contribution < -0.4 is 5.32 Å². The second-order valence-electron chi connectivity index (χ2n) is 4.55. The Hall–Kier alpha value is -1.30. The monoisotopic (exact) mass is 267 g/mol. The normalized spacial score (nSPS) is 17.6. The predicted octanol–water partition coefficient (Wildman–Crippen LogP) is 2.26. The Labute approximate surface area is 110 Å². The topological polar surface area (TPSA) is 75.1 Å². The Morgan fingerprint density at radius 2 is 2.28 bits per heavy atom. The van der Waals surface area contributed by atoms with E-state index < -0.39 is 5.97 Å². The fourth-order valence-electron chi connectivity index (χ4n) is 2.35. The van der Waals surface area contributed by atoms with Crippen molar-refractivity contribution >= 4 is 23.5 Å². The molecule has 6 heteroatoms. The summed E-state index contributed by atoms with van der Waals surface area (Å²) in [6.45, 7) is 0.743. The third kappa shape index (κ3) is 2.75. The van der Waals surface area contributed by atoms with E-state index in [1.807, 2.05) is 11.8 Å². The molecule has 1 aliphatic carbocycles. The summed E-state index contributed by atoms with van der Waals surface area (Å²) in [4.78, 5) is 11.1. The number of thioether (sulfide) groups is 1. The molecule has 2 rings (SSSR count). The Bertz CT molecular complexity index is 433. The first-order valence-electron chi connectivity index (χ1n) is 6.01. The molecular formula is C12H17N3O2S. The fourth-order valence-corrected chi connectivity index (χ4v) is 3.27. The standard InChI is InChI=1S/C12H17N3O2S/c1-18-12(5-2-3-6-12)8-13-10-9(11(16)17)4-7-14-15-10/h4,7H,2-3,5-6,8H2,1H3,(H,13,15)(H,16,17). The second-order valence-corrected chi connectivity index (χ2v) is 5.82. The Balaban J connectivity index is 2.08. The van der Waals surface area contributed by atoms with Gasteiger partial charge in [0.15, 0.2) is 5.82 Å². The van der Waals surface area contributed by atoms with Crippen molar-refractivity contribution in [3.63, 3.8) is 0 Å². The molecule has 0 atom stereocenters. The van der Waals surface area contributed by atoms with Crippen LogP contribution in [0.1, 0.15) is 36.0 Å². The van der Waals surface area contributed by atoms with Crippen molar-refractivity contribution in [2.24, 2.45) is 0 Å². The van der Waals surface area contributed by atoms with Crippen molar-refractivity contribution in [2.45, 2.75) is 30.4 Å². The second kappa shape index (κ2) is 5.56. The van der Waals surface area contributed by atoms with E-state index in [0.717, 1.165) is 6.54 Å². The lowest BCUT2D eigenvalue weighted by Crippen LogP contribution is -2.30. The number of nitrogens with zero attached hydrogens (tertiary/aromatic N) is 2. The van der Waals surface area contributed by atoms with Crippen LogP contribution in [0.15, 0.2) is 12.3 Å². The molecule has 1 heterocycles. The van der Waals surface area contributed by atoms with Crippen LogP contribution in [0.5, 0.6) is 0 Å². The molecule has 1 aromatic rings. The van der Waals surface area contributed by atoms with Gasteiger partial charge in [-0.15, -0.1) is 5.10 Å². The molecule has 0 saturated heterocycles. The maximum atomic E-state index is 11.1. The zero-order valence-corrected chi connectivity index (χ0v) is 11.2. The number of carboxylic acids is 1. The summed E-state index contributed by atoms with van der Waals surface area (Å²) in [5.41, 5.74) is 0.180. The molecule has 18 heavy (non-hydrogen) atoms. The SMILES string of the molecule is CSC1(CNc2nnccc2C(=O)O)CCCC1. The lowest BCUT2D eigenvalue weighted by molar-refractivity contribution is 0.0697. The lowest BCUT2D eigenvalue weighted by atomic mass is 10.1. The summed E-state index contributed by atoms with van der Waals surface area (Å²) >= 11 is 1.86. The highest BCUT2D eigenvalue weighted by molar-refractivity contribution is 8.00. The molecule has 1 aromatic heterocycles. The van der Waals surface area contributed by atoms with E-state index in [0.29, 0.717) is 5.82 Å². The van der Waals surface area contributed by atoms with Crippen LogP contribution in [-0.2, 0) is 0 Å². The zero-order chi connectivity index (χ0) is 13.0. The van der Waals surface area contributed by atoms with Gasteiger partial charge in [0.2, 0.25) is 0 Å². The number of nitrogens with one attached hydrogen (secondary N) is 1. The van der Waals surface area contributed by atoms with E-state index in [1.165, 1.54) is 37.9 Å². The summed E-state index contributed by atoms with van der Waals surface area (Å²) in [5, 5.41) is 19.8. The molecule has 1 fully saturated rings. The summed E-state index contributed by atoms with van der Waals surface area (Å²) in [6.07, 6.45) is 8.34. The van der Waals surface area contributed by atoms with Gasteiger partial charge in [0.25, 0.3) is 0 Å². The number of hydrogen-bond acceptors (Lipinski definition) is 5. The highest BCUT2D eigenvalue weighted by atomic mass is 32.2. The summed E-state index contributed by atoms with van der Waals surface area (Å²) < 4.78 is 0.216. The molecule has 0 unspecified atom stereocenters. The molecule has 2 N–H and O–H groups in total. The van der Waals surface area contributed by atoms with E-state index in [9.17, 15) is 4.79 Å². The number of rotatable bonds is 5. The first-order valence-corrected chi connectivity index (χ1v) is 7.23. The number of hydrogen-bond donors (Lipinski definition) is 2. The van der Waals surface area contributed by atoms with Crippen LogP contribution in [0, 0.1) is 0 Å². The number of carbonyl (C=O) groups is 1. The predicted molar refractivity (Wildman–Crippen MR) is 72.2 cm³/mol. The Kier molecular flexibility index (Phi) is 4.06. The van der Waals surface area contributed by atoms with E-state index in [4.69, 9.17) is 5.11 Å². The van der Waals surface area contributed by atoms with Crippen LogP contribution in [0.3, 0.4) is 0 Å². The van der Waals surface area contributed by atoms with Gasteiger partial charge in [-0.2, -0.15) is 16.9 Å².